The van der Waals surface area contributed by atoms with Crippen LogP contribution in [0, 0.1) is 0 Å². The highest BCUT2D eigenvalue weighted by atomic mass is 16.6. The molecule has 1 aliphatic carbocycles. The second kappa shape index (κ2) is 13.3. The van der Waals surface area contributed by atoms with Crippen LogP contribution in [-0.4, -0.2) is 66.0 Å². The third kappa shape index (κ3) is 7.76. The van der Waals surface area contributed by atoms with Gasteiger partial charge in [0.15, 0.2) is 11.5 Å². The Balaban J connectivity index is 1.46. The number of carbonyl (C=O) groups is 2. The Morgan fingerprint density at radius 1 is 0.978 bits per heavy atom. The summed E-state index contributed by atoms with van der Waals surface area (Å²) < 4.78 is 28.3. The lowest BCUT2D eigenvalue weighted by Crippen LogP contribution is -2.38. The van der Waals surface area contributed by atoms with Crippen LogP contribution in [0.4, 0.5) is 16.2 Å². The summed E-state index contributed by atoms with van der Waals surface area (Å²) in [7, 11) is 3.16. The van der Waals surface area contributed by atoms with E-state index < -0.39 is 11.7 Å². The molecule has 1 fully saturated rings. The van der Waals surface area contributed by atoms with Gasteiger partial charge in [-0.05, 0) is 70.0 Å². The topological polar surface area (TPSA) is 134 Å². The van der Waals surface area contributed by atoms with E-state index in [1.807, 2.05) is 26.8 Å². The van der Waals surface area contributed by atoms with Crippen LogP contribution in [0.25, 0.3) is 22.2 Å². The van der Waals surface area contributed by atoms with Gasteiger partial charge >= 0.3 is 6.09 Å². The van der Waals surface area contributed by atoms with E-state index in [0.29, 0.717) is 69.9 Å². The first-order valence-corrected chi connectivity index (χ1v) is 14.6. The number of aromatic nitrogens is 3. The van der Waals surface area contributed by atoms with Crippen molar-refractivity contribution < 1.29 is 33.3 Å². The fourth-order valence-corrected chi connectivity index (χ4v) is 4.64. The van der Waals surface area contributed by atoms with Crippen molar-refractivity contribution in [2.24, 2.45) is 0 Å². The summed E-state index contributed by atoms with van der Waals surface area (Å²) in [6, 6.07) is 12.5. The van der Waals surface area contributed by atoms with E-state index in [-0.39, 0.29) is 11.9 Å². The van der Waals surface area contributed by atoms with Crippen LogP contribution in [0.1, 0.15) is 40.5 Å². The Hall–Kier alpha value is -4.97. The Labute approximate surface area is 261 Å². The fourth-order valence-electron chi connectivity index (χ4n) is 4.64. The van der Waals surface area contributed by atoms with Gasteiger partial charge in [-0.1, -0.05) is 0 Å². The molecule has 236 valence electrons. The number of nitrogens with zero attached hydrogens (tertiary/aromatic N) is 4. The number of pyridine rings is 1. The van der Waals surface area contributed by atoms with E-state index in [1.54, 1.807) is 61.7 Å². The molecular weight excluding hydrogens is 578 g/mol. The van der Waals surface area contributed by atoms with Gasteiger partial charge in [-0.15, -0.1) is 0 Å². The maximum Gasteiger partial charge on any atom is 0.415 e. The van der Waals surface area contributed by atoms with Crippen LogP contribution in [0.2, 0.25) is 0 Å². The van der Waals surface area contributed by atoms with Gasteiger partial charge < -0.3 is 29.0 Å². The van der Waals surface area contributed by atoms with E-state index in [4.69, 9.17) is 23.7 Å². The monoisotopic (exact) mass is 615 g/mol. The first-order chi connectivity index (χ1) is 21.6. The molecule has 0 radical (unpaired) electrons. The lowest BCUT2D eigenvalue weighted by Gasteiger charge is -2.27. The number of amides is 2. The van der Waals surface area contributed by atoms with Gasteiger partial charge in [0, 0.05) is 31.7 Å². The normalized spacial score (nSPS) is 12.8. The molecule has 12 heteroatoms. The molecule has 5 rings (SSSR count). The lowest BCUT2D eigenvalue weighted by molar-refractivity contribution is -0.114. The van der Waals surface area contributed by atoms with E-state index >= 15 is 0 Å². The Morgan fingerprint density at radius 3 is 2.42 bits per heavy atom. The van der Waals surface area contributed by atoms with Crippen LogP contribution in [0.15, 0.2) is 55.0 Å². The number of nitrogens with one attached hydrogen (secondary N) is 1. The number of ether oxygens (including phenoxy) is 5. The lowest BCUT2D eigenvalue weighted by atomic mass is 10.1. The van der Waals surface area contributed by atoms with Crippen molar-refractivity contribution in [3.8, 4) is 34.4 Å². The second-order valence-corrected chi connectivity index (χ2v) is 11.5. The second-order valence-electron chi connectivity index (χ2n) is 11.5. The van der Waals surface area contributed by atoms with Crippen molar-refractivity contribution in [2.75, 3.05) is 37.7 Å². The molecule has 2 amide bonds. The molecule has 4 aromatic rings. The van der Waals surface area contributed by atoms with E-state index in [0.717, 1.165) is 12.8 Å². The summed E-state index contributed by atoms with van der Waals surface area (Å²) in [5.41, 5.74) is 2.36. The van der Waals surface area contributed by atoms with Gasteiger partial charge in [0.05, 0.1) is 47.9 Å². The Kier molecular flexibility index (Phi) is 9.33. The third-order valence-electron chi connectivity index (χ3n) is 6.75. The maximum atomic E-state index is 13.0. The standard InChI is InChI=1S/C33H37N5O7/c1-20(39)37-27-12-10-23(44-31-25-16-29(42-6)30(43-14-13-41-5)17-28(25)35-19-36-31)15-24(27)26-11-9-22(18-34-26)38(21-7-8-21)32(40)45-33(2,3)4/h9-12,15-19,21H,7-8,13-14H2,1-6H3,(H,37,39). The van der Waals surface area contributed by atoms with Gasteiger partial charge in [-0.3, -0.25) is 14.7 Å². The zero-order valence-electron chi connectivity index (χ0n) is 26.2. The first-order valence-electron chi connectivity index (χ1n) is 14.6. The van der Waals surface area contributed by atoms with Gasteiger partial charge in [-0.2, -0.15) is 0 Å². The van der Waals surface area contributed by atoms with Crippen LogP contribution < -0.4 is 24.4 Å². The summed E-state index contributed by atoms with van der Waals surface area (Å²) in [6.07, 6.45) is 4.44. The van der Waals surface area contributed by atoms with Gasteiger partial charge in [0.25, 0.3) is 0 Å². The average molecular weight is 616 g/mol. The molecule has 1 saturated carbocycles. The fraction of sp³-hybridized carbons (Fsp3) is 0.364. The Morgan fingerprint density at radius 2 is 1.78 bits per heavy atom. The molecule has 0 saturated heterocycles. The minimum atomic E-state index is -0.619. The largest absolute Gasteiger partial charge is 0.493 e. The van der Waals surface area contributed by atoms with Crippen molar-refractivity contribution >= 4 is 34.3 Å². The first kappa shape index (κ1) is 31.5. The molecular formula is C33H37N5O7. The zero-order valence-corrected chi connectivity index (χ0v) is 26.2. The molecule has 2 aromatic heterocycles. The summed E-state index contributed by atoms with van der Waals surface area (Å²) in [4.78, 5) is 40.1. The summed E-state index contributed by atoms with van der Waals surface area (Å²) in [5, 5.41) is 3.48. The van der Waals surface area contributed by atoms with Crippen molar-refractivity contribution in [1.82, 2.24) is 15.0 Å². The molecule has 1 N–H and O–H groups in total. The van der Waals surface area contributed by atoms with E-state index in [1.165, 1.54) is 13.3 Å². The number of rotatable bonds is 11. The number of fused-ring (bicyclic) bond motifs is 1. The van der Waals surface area contributed by atoms with Gasteiger partial charge in [0.1, 0.15) is 24.3 Å². The van der Waals surface area contributed by atoms with Gasteiger partial charge in [0.2, 0.25) is 11.8 Å². The van der Waals surface area contributed by atoms with Crippen LogP contribution in [0.3, 0.4) is 0 Å². The highest BCUT2D eigenvalue weighted by Gasteiger charge is 2.36. The van der Waals surface area contributed by atoms with Crippen molar-refractivity contribution in [3.05, 3.63) is 55.0 Å². The zero-order chi connectivity index (χ0) is 32.1. The predicted molar refractivity (Wildman–Crippen MR) is 169 cm³/mol. The smallest absolute Gasteiger partial charge is 0.415 e. The third-order valence-corrected chi connectivity index (χ3v) is 6.75. The number of hydrogen-bond donors (Lipinski definition) is 1. The highest BCUT2D eigenvalue weighted by Crippen LogP contribution is 2.39. The molecule has 0 unspecified atom stereocenters. The number of carbonyl (C=O) groups excluding carboxylic acids is 2. The van der Waals surface area contributed by atoms with Crippen molar-refractivity contribution in [2.45, 2.75) is 52.2 Å². The molecule has 0 spiro atoms. The van der Waals surface area contributed by atoms with Crippen LogP contribution >= 0.6 is 0 Å². The number of benzene rings is 2. The summed E-state index contributed by atoms with van der Waals surface area (Å²) in [5.74, 6) is 1.55. The molecule has 12 nitrogen and oxygen atoms in total. The number of anilines is 2. The number of methoxy groups -OCH3 is 2. The van der Waals surface area contributed by atoms with Crippen molar-refractivity contribution in [3.63, 3.8) is 0 Å². The molecule has 2 aromatic carbocycles. The molecule has 1 aliphatic rings. The highest BCUT2D eigenvalue weighted by molar-refractivity contribution is 5.94. The molecule has 45 heavy (non-hydrogen) atoms. The minimum absolute atomic E-state index is 0.0773. The van der Waals surface area contributed by atoms with Crippen LogP contribution in [-0.2, 0) is 14.3 Å². The van der Waals surface area contributed by atoms with Gasteiger partial charge in [-0.25, -0.2) is 14.8 Å². The summed E-state index contributed by atoms with van der Waals surface area (Å²) in [6.45, 7) is 7.74. The predicted octanol–water partition coefficient (Wildman–Crippen LogP) is 6.38. The maximum absolute atomic E-state index is 13.0. The molecule has 0 aliphatic heterocycles. The van der Waals surface area contributed by atoms with E-state index in [9.17, 15) is 9.59 Å². The SMILES string of the molecule is COCCOc1cc2ncnc(Oc3ccc(NC(C)=O)c(-c4ccc(N(C(=O)OC(C)(C)C)C5CC5)cn4)c3)c2cc1OC. The average Bonchev–Trinajstić information content (AvgIpc) is 3.82. The molecule has 0 bridgehead atoms. The van der Waals surface area contributed by atoms with Crippen LogP contribution in [0.5, 0.6) is 23.1 Å². The summed E-state index contributed by atoms with van der Waals surface area (Å²) >= 11 is 0. The molecule has 2 heterocycles. The van der Waals surface area contributed by atoms with E-state index in [2.05, 4.69) is 20.3 Å². The molecule has 0 atom stereocenters. The van der Waals surface area contributed by atoms with Crippen molar-refractivity contribution in [1.29, 1.82) is 0 Å². The Bertz CT molecular complexity index is 1680. The minimum Gasteiger partial charge on any atom is -0.493 e. The number of hydrogen-bond acceptors (Lipinski definition) is 10. The quantitative estimate of drug-likeness (QED) is 0.189.